The fourth-order valence-electron chi connectivity index (χ4n) is 2.45. The zero-order valence-electron chi connectivity index (χ0n) is 12.5. The summed E-state index contributed by atoms with van der Waals surface area (Å²) in [6.45, 7) is 2.24. The highest BCUT2D eigenvalue weighted by Gasteiger charge is 2.22. The van der Waals surface area contributed by atoms with E-state index < -0.39 is 10.8 Å². The minimum Gasteiger partial charge on any atom is -0.444 e. The topological polar surface area (TPSA) is 97.9 Å². The second kappa shape index (κ2) is 7.02. The first-order valence-corrected chi connectivity index (χ1v) is 8.02. The van der Waals surface area contributed by atoms with Gasteiger partial charge in [0, 0.05) is 24.8 Å². The van der Waals surface area contributed by atoms with Gasteiger partial charge in [-0.15, -0.1) is 0 Å². The summed E-state index contributed by atoms with van der Waals surface area (Å²) in [5.41, 5.74) is 0.786. The Balaban J connectivity index is 1.83. The first-order valence-electron chi connectivity index (χ1n) is 7.22. The summed E-state index contributed by atoms with van der Waals surface area (Å²) >= 11 is 3.12. The van der Waals surface area contributed by atoms with Crippen LogP contribution in [-0.4, -0.2) is 37.1 Å². The SMILES string of the molecule is O=C(Nc1ccc(N2CCOCC2)c([N+](=O)[O-])c1)c1ccc(Br)o1. The maximum absolute atomic E-state index is 12.1. The van der Waals surface area contributed by atoms with Crippen molar-refractivity contribution in [1.29, 1.82) is 0 Å². The highest BCUT2D eigenvalue weighted by Crippen LogP contribution is 2.32. The molecule has 1 aliphatic rings. The van der Waals surface area contributed by atoms with Gasteiger partial charge in [0.25, 0.3) is 11.6 Å². The minimum atomic E-state index is -0.478. The zero-order chi connectivity index (χ0) is 17.1. The third kappa shape index (κ3) is 3.57. The van der Waals surface area contributed by atoms with Crippen molar-refractivity contribution in [3.63, 3.8) is 0 Å². The number of ether oxygens (including phenoxy) is 1. The van der Waals surface area contributed by atoms with Crippen LogP contribution < -0.4 is 10.2 Å². The highest BCUT2D eigenvalue weighted by molar-refractivity contribution is 9.10. The molecule has 0 saturated carbocycles. The molecule has 1 aromatic heterocycles. The number of carbonyl (C=O) groups is 1. The molecule has 1 amide bonds. The molecular weight excluding hydrogens is 382 g/mol. The van der Waals surface area contributed by atoms with E-state index in [2.05, 4.69) is 21.2 Å². The summed E-state index contributed by atoms with van der Waals surface area (Å²) in [5, 5.41) is 14.0. The number of hydrogen-bond donors (Lipinski definition) is 1. The fraction of sp³-hybridized carbons (Fsp3) is 0.267. The Labute approximate surface area is 145 Å². The quantitative estimate of drug-likeness (QED) is 0.630. The lowest BCUT2D eigenvalue weighted by molar-refractivity contribution is -0.384. The Kier molecular flexibility index (Phi) is 4.81. The van der Waals surface area contributed by atoms with Gasteiger partial charge in [-0.25, -0.2) is 0 Å². The van der Waals surface area contributed by atoms with Crippen LogP contribution in [0.1, 0.15) is 10.6 Å². The number of nitro groups is 1. The smallest absolute Gasteiger partial charge is 0.294 e. The molecule has 2 heterocycles. The Morgan fingerprint density at radius 1 is 1.25 bits per heavy atom. The van der Waals surface area contributed by atoms with Gasteiger partial charge >= 0.3 is 0 Å². The van der Waals surface area contributed by atoms with E-state index in [4.69, 9.17) is 9.15 Å². The molecule has 2 aromatic rings. The van der Waals surface area contributed by atoms with Crippen molar-refractivity contribution in [2.24, 2.45) is 0 Å². The summed E-state index contributed by atoms with van der Waals surface area (Å²) in [4.78, 5) is 24.9. The van der Waals surface area contributed by atoms with Gasteiger partial charge in [0.15, 0.2) is 10.4 Å². The molecule has 8 nitrogen and oxygen atoms in total. The Hall–Kier alpha value is -2.39. The molecule has 1 saturated heterocycles. The summed E-state index contributed by atoms with van der Waals surface area (Å²) in [6.07, 6.45) is 0. The van der Waals surface area contributed by atoms with Crippen molar-refractivity contribution < 1.29 is 18.9 Å². The molecule has 0 bridgehead atoms. The first kappa shape index (κ1) is 16.5. The standard InChI is InChI=1S/C15H14BrN3O5/c16-14-4-3-13(24-14)15(20)17-10-1-2-11(12(9-10)19(21)22)18-5-7-23-8-6-18/h1-4,9H,5-8H2,(H,17,20). The van der Waals surface area contributed by atoms with Gasteiger partial charge in [0.05, 0.1) is 18.1 Å². The monoisotopic (exact) mass is 395 g/mol. The molecule has 3 rings (SSSR count). The second-order valence-electron chi connectivity index (χ2n) is 5.12. The van der Waals surface area contributed by atoms with E-state index in [-0.39, 0.29) is 11.4 Å². The summed E-state index contributed by atoms with van der Waals surface area (Å²) in [7, 11) is 0. The molecule has 1 aromatic carbocycles. The molecule has 1 aliphatic heterocycles. The lowest BCUT2D eigenvalue weighted by atomic mass is 10.2. The van der Waals surface area contributed by atoms with Crippen LogP contribution in [0.5, 0.6) is 0 Å². The minimum absolute atomic E-state index is 0.0599. The number of morpholine rings is 1. The van der Waals surface area contributed by atoms with E-state index in [9.17, 15) is 14.9 Å². The average molecular weight is 396 g/mol. The van der Waals surface area contributed by atoms with E-state index in [1.807, 2.05) is 4.90 Å². The molecule has 0 radical (unpaired) electrons. The Morgan fingerprint density at radius 3 is 2.62 bits per heavy atom. The number of amides is 1. The van der Waals surface area contributed by atoms with Crippen LogP contribution in [0, 0.1) is 10.1 Å². The molecule has 24 heavy (non-hydrogen) atoms. The van der Waals surface area contributed by atoms with Crippen molar-refractivity contribution in [1.82, 2.24) is 0 Å². The van der Waals surface area contributed by atoms with Gasteiger partial charge in [-0.3, -0.25) is 14.9 Å². The molecule has 0 aliphatic carbocycles. The molecule has 0 atom stereocenters. The van der Waals surface area contributed by atoms with Crippen LogP contribution in [-0.2, 0) is 4.74 Å². The second-order valence-corrected chi connectivity index (χ2v) is 5.90. The molecule has 0 unspecified atom stereocenters. The van der Waals surface area contributed by atoms with Crippen molar-refractivity contribution in [2.45, 2.75) is 0 Å². The molecule has 1 fully saturated rings. The van der Waals surface area contributed by atoms with Gasteiger partial charge < -0.3 is 19.4 Å². The van der Waals surface area contributed by atoms with Gasteiger partial charge in [-0.2, -0.15) is 0 Å². The summed E-state index contributed by atoms with van der Waals surface area (Å²) in [6, 6.07) is 7.72. The molecular formula is C15H14BrN3O5. The molecule has 1 N–H and O–H groups in total. The molecule has 9 heteroatoms. The summed E-state index contributed by atoms with van der Waals surface area (Å²) in [5.74, 6) is -0.365. The first-order chi connectivity index (χ1) is 11.5. The van der Waals surface area contributed by atoms with Gasteiger partial charge in [0.1, 0.15) is 5.69 Å². The largest absolute Gasteiger partial charge is 0.444 e. The normalized spacial score (nSPS) is 14.5. The van der Waals surface area contributed by atoms with Crippen molar-refractivity contribution in [3.05, 3.63) is 50.9 Å². The van der Waals surface area contributed by atoms with Crippen molar-refractivity contribution >= 4 is 38.9 Å². The van der Waals surface area contributed by atoms with Crippen LogP contribution in [0.25, 0.3) is 0 Å². The molecule has 126 valence electrons. The van der Waals surface area contributed by atoms with E-state index in [1.165, 1.54) is 12.1 Å². The number of nitrogens with one attached hydrogen (secondary N) is 1. The van der Waals surface area contributed by atoms with E-state index >= 15 is 0 Å². The maximum atomic E-state index is 12.1. The number of furan rings is 1. The lowest BCUT2D eigenvalue weighted by Crippen LogP contribution is -2.36. The number of carbonyl (C=O) groups excluding carboxylic acids is 1. The van der Waals surface area contributed by atoms with Crippen molar-refractivity contribution in [3.8, 4) is 0 Å². The Morgan fingerprint density at radius 2 is 2.00 bits per heavy atom. The zero-order valence-corrected chi connectivity index (χ0v) is 14.1. The Bertz CT molecular complexity index is 770. The average Bonchev–Trinajstić information content (AvgIpc) is 3.02. The van der Waals surface area contributed by atoms with E-state index in [0.717, 1.165) is 0 Å². The fourth-order valence-corrected chi connectivity index (χ4v) is 2.75. The lowest BCUT2D eigenvalue weighted by Gasteiger charge is -2.28. The van der Waals surface area contributed by atoms with Crippen LogP contribution in [0.2, 0.25) is 0 Å². The van der Waals surface area contributed by atoms with Crippen molar-refractivity contribution in [2.75, 3.05) is 36.5 Å². The van der Waals surface area contributed by atoms with Crippen LogP contribution in [0.15, 0.2) is 39.4 Å². The summed E-state index contributed by atoms with van der Waals surface area (Å²) < 4.78 is 10.9. The number of rotatable bonds is 4. The highest BCUT2D eigenvalue weighted by atomic mass is 79.9. The maximum Gasteiger partial charge on any atom is 0.294 e. The third-order valence-corrected chi connectivity index (χ3v) is 4.00. The van der Waals surface area contributed by atoms with Crippen LogP contribution in [0.3, 0.4) is 0 Å². The van der Waals surface area contributed by atoms with E-state index in [1.54, 1.807) is 18.2 Å². The van der Waals surface area contributed by atoms with Gasteiger partial charge in [-0.05, 0) is 40.2 Å². The number of benzene rings is 1. The van der Waals surface area contributed by atoms with Gasteiger partial charge in [0.2, 0.25) is 0 Å². The molecule has 0 spiro atoms. The predicted octanol–water partition coefficient (Wildman–Crippen LogP) is 3.04. The number of hydrogen-bond acceptors (Lipinski definition) is 6. The predicted molar refractivity (Wildman–Crippen MR) is 90.5 cm³/mol. The number of anilines is 2. The van der Waals surface area contributed by atoms with Gasteiger partial charge in [-0.1, -0.05) is 0 Å². The van der Waals surface area contributed by atoms with Crippen LogP contribution >= 0.6 is 15.9 Å². The number of nitro benzene ring substituents is 1. The third-order valence-electron chi connectivity index (χ3n) is 3.58. The van der Waals surface area contributed by atoms with E-state index in [0.29, 0.717) is 42.3 Å². The number of halogens is 1. The van der Waals surface area contributed by atoms with Crippen LogP contribution in [0.4, 0.5) is 17.1 Å². The number of nitrogens with zero attached hydrogens (tertiary/aromatic N) is 2.